The fourth-order valence-corrected chi connectivity index (χ4v) is 4.90. The number of nitrogens with zero attached hydrogens (tertiary/aromatic N) is 3. The zero-order valence-corrected chi connectivity index (χ0v) is 22.3. The molecule has 1 aliphatic carbocycles. The Labute approximate surface area is 214 Å². The van der Waals surface area contributed by atoms with Crippen LogP contribution in [0.5, 0.6) is 0 Å². The number of halogens is 2. The van der Waals surface area contributed by atoms with Crippen molar-refractivity contribution in [3.05, 3.63) is 28.6 Å². The number of imidazole rings is 1. The zero-order chi connectivity index (χ0) is 27.4. The maximum atomic E-state index is 15.4. The van der Waals surface area contributed by atoms with E-state index in [1.807, 2.05) is 0 Å². The number of nitrogens with one attached hydrogen (secondary N) is 1. The van der Waals surface area contributed by atoms with Crippen molar-refractivity contribution in [3.8, 4) is 0 Å². The number of hydrogen-bond donors (Lipinski definition) is 1. The van der Waals surface area contributed by atoms with Gasteiger partial charge in [-0.2, -0.15) is 0 Å². The molecule has 0 radical (unpaired) electrons. The van der Waals surface area contributed by atoms with Gasteiger partial charge in [-0.3, -0.25) is 4.90 Å². The Morgan fingerprint density at radius 1 is 1.05 bits per heavy atom. The molecule has 2 amide bonds. The number of aromatic amines is 1. The number of ether oxygens (including phenoxy) is 2. The maximum absolute atomic E-state index is 15.4. The summed E-state index contributed by atoms with van der Waals surface area (Å²) >= 11 is 0. The number of amides is 2. The molecule has 1 aliphatic heterocycles. The van der Waals surface area contributed by atoms with Crippen LogP contribution < -0.4 is 0 Å². The van der Waals surface area contributed by atoms with E-state index >= 15 is 8.78 Å². The summed E-state index contributed by atoms with van der Waals surface area (Å²) in [6, 6.07) is -1.18. The summed E-state index contributed by atoms with van der Waals surface area (Å²) in [5.74, 6) is -1.58. The molecule has 0 spiro atoms. The number of likely N-dealkylation sites (N-methyl/N-ethyl adjacent to an activating group) is 1. The zero-order valence-electron chi connectivity index (χ0n) is 22.3. The van der Waals surface area contributed by atoms with Gasteiger partial charge >= 0.3 is 12.2 Å². The van der Waals surface area contributed by atoms with E-state index in [9.17, 15) is 14.4 Å². The van der Waals surface area contributed by atoms with Gasteiger partial charge in [0.25, 0.3) is 0 Å². The third-order valence-electron chi connectivity index (χ3n) is 6.62. The number of likely N-dealkylation sites (tertiary alicyclic amines) is 1. The van der Waals surface area contributed by atoms with E-state index < -0.39 is 53.0 Å². The number of fused-ring (bicyclic) bond motifs is 2. The van der Waals surface area contributed by atoms with Crippen LogP contribution in [-0.2, 0) is 27.1 Å². The molecular weight excluding hydrogens is 486 g/mol. The van der Waals surface area contributed by atoms with Gasteiger partial charge < -0.3 is 24.2 Å². The Balaban J connectivity index is 1.70. The molecule has 1 N–H and O–H groups in total. The summed E-state index contributed by atoms with van der Waals surface area (Å²) in [6.45, 7) is 10.6. The number of rotatable bonds is 3. The lowest BCUT2D eigenvalue weighted by Gasteiger charge is -2.29. The van der Waals surface area contributed by atoms with Crippen LogP contribution in [0.3, 0.4) is 0 Å². The second kappa shape index (κ2) is 9.25. The standard InChI is InChI=1S/C26H34F2N4O5/c1-25(2,3)36-23(34)31(7)14-10-17(32(11-14)24(35)37-26(4,5)6)22-29-20-18(27)15-8-13(12-33)9-16(15)19(28)21(20)30-22/h12-14,17H,8-11H2,1-7H3,(H,29,30)/t14-,17+/m1/s1. The lowest BCUT2D eigenvalue weighted by molar-refractivity contribution is -0.110. The first kappa shape index (κ1) is 26.8. The first-order chi connectivity index (χ1) is 17.1. The average Bonchev–Trinajstić information content (AvgIpc) is 3.50. The highest BCUT2D eigenvalue weighted by Crippen LogP contribution is 2.39. The first-order valence-corrected chi connectivity index (χ1v) is 12.4. The molecule has 4 rings (SSSR count). The molecule has 0 saturated carbocycles. The minimum Gasteiger partial charge on any atom is -0.444 e. The number of carbonyl (C=O) groups is 3. The topological polar surface area (TPSA) is 105 Å². The normalized spacial score (nSPS) is 20.3. The number of H-pyrrole nitrogens is 1. The van der Waals surface area contributed by atoms with E-state index in [1.165, 1.54) is 9.80 Å². The molecule has 2 heterocycles. The number of carbonyl (C=O) groups excluding carboxylic acids is 3. The molecule has 1 aromatic carbocycles. The predicted molar refractivity (Wildman–Crippen MR) is 131 cm³/mol. The van der Waals surface area contributed by atoms with E-state index in [4.69, 9.17) is 9.47 Å². The molecule has 0 bridgehead atoms. The maximum Gasteiger partial charge on any atom is 0.410 e. The van der Waals surface area contributed by atoms with Crippen molar-refractivity contribution in [1.82, 2.24) is 19.8 Å². The number of aromatic nitrogens is 2. The predicted octanol–water partition coefficient (Wildman–Crippen LogP) is 4.67. The molecule has 1 fully saturated rings. The smallest absolute Gasteiger partial charge is 0.410 e. The van der Waals surface area contributed by atoms with Crippen LogP contribution in [0.25, 0.3) is 11.0 Å². The van der Waals surface area contributed by atoms with Gasteiger partial charge in [0.05, 0.1) is 12.1 Å². The van der Waals surface area contributed by atoms with Gasteiger partial charge in [-0.15, -0.1) is 0 Å². The van der Waals surface area contributed by atoms with Crippen LogP contribution >= 0.6 is 0 Å². The van der Waals surface area contributed by atoms with Gasteiger partial charge in [-0.1, -0.05) is 0 Å². The third kappa shape index (κ3) is 5.26. The van der Waals surface area contributed by atoms with Crippen molar-refractivity contribution < 1.29 is 32.6 Å². The minimum atomic E-state index is -0.779. The monoisotopic (exact) mass is 520 g/mol. The summed E-state index contributed by atoms with van der Waals surface area (Å²) < 4.78 is 41.8. The second-order valence-electron chi connectivity index (χ2n) is 11.9. The molecule has 1 aromatic heterocycles. The fourth-order valence-electron chi connectivity index (χ4n) is 4.90. The highest BCUT2D eigenvalue weighted by molar-refractivity contribution is 5.80. The molecule has 1 saturated heterocycles. The molecule has 3 atom stereocenters. The van der Waals surface area contributed by atoms with Crippen LogP contribution in [0.1, 0.15) is 71.0 Å². The number of hydrogen-bond acceptors (Lipinski definition) is 6. The summed E-state index contributed by atoms with van der Waals surface area (Å²) in [5, 5.41) is 0. The lowest BCUT2D eigenvalue weighted by Crippen LogP contribution is -2.43. The van der Waals surface area contributed by atoms with E-state index in [0.717, 1.165) is 0 Å². The van der Waals surface area contributed by atoms with Gasteiger partial charge in [0, 0.05) is 19.5 Å². The Morgan fingerprint density at radius 2 is 1.65 bits per heavy atom. The Bertz CT molecular complexity index is 1200. The van der Waals surface area contributed by atoms with Crippen molar-refractivity contribution >= 4 is 29.5 Å². The molecule has 2 aromatic rings. The highest BCUT2D eigenvalue weighted by Gasteiger charge is 2.44. The van der Waals surface area contributed by atoms with Crippen LogP contribution in [0.15, 0.2) is 0 Å². The van der Waals surface area contributed by atoms with E-state index in [2.05, 4.69) is 9.97 Å². The Hall–Kier alpha value is -3.24. The largest absolute Gasteiger partial charge is 0.444 e. The SMILES string of the molecule is CN(C(=O)OC(C)(C)C)[C@@H]1C[C@@H](c2nc3c(F)c4c(c(F)c3[nH]2)CC(C=O)C4)N(C(=O)OC(C)(C)C)C1. The van der Waals surface area contributed by atoms with Gasteiger partial charge in [-0.05, 0) is 71.9 Å². The Morgan fingerprint density at radius 3 is 2.22 bits per heavy atom. The van der Waals surface area contributed by atoms with Crippen LogP contribution in [-0.4, -0.2) is 69.1 Å². The average molecular weight is 521 g/mol. The Kier molecular flexibility index (Phi) is 6.71. The second-order valence-corrected chi connectivity index (χ2v) is 11.9. The van der Waals surface area contributed by atoms with E-state index in [0.29, 0.717) is 6.29 Å². The van der Waals surface area contributed by atoms with Gasteiger partial charge in [0.15, 0.2) is 11.6 Å². The van der Waals surface area contributed by atoms with E-state index in [-0.39, 0.29) is 53.8 Å². The molecule has 2 aliphatic rings. The summed E-state index contributed by atoms with van der Waals surface area (Å²) in [4.78, 5) is 47.2. The number of benzene rings is 1. The van der Waals surface area contributed by atoms with Crippen LogP contribution in [0, 0.1) is 17.6 Å². The van der Waals surface area contributed by atoms with Crippen molar-refractivity contribution in [2.75, 3.05) is 13.6 Å². The highest BCUT2D eigenvalue weighted by atomic mass is 19.1. The third-order valence-corrected chi connectivity index (χ3v) is 6.62. The molecular formula is C26H34F2N4O5. The van der Waals surface area contributed by atoms with Crippen molar-refractivity contribution in [1.29, 1.82) is 0 Å². The summed E-state index contributed by atoms with van der Waals surface area (Å²) in [6.07, 6.45) is 0.0358. The fraction of sp³-hybridized carbons (Fsp3) is 0.615. The molecule has 9 nitrogen and oxygen atoms in total. The van der Waals surface area contributed by atoms with Crippen molar-refractivity contribution in [2.24, 2.45) is 5.92 Å². The van der Waals surface area contributed by atoms with Gasteiger partial charge in [-0.25, -0.2) is 23.4 Å². The van der Waals surface area contributed by atoms with Gasteiger partial charge in [0.1, 0.15) is 34.3 Å². The molecule has 202 valence electrons. The number of aldehydes is 1. The van der Waals surface area contributed by atoms with E-state index in [1.54, 1.807) is 48.6 Å². The van der Waals surface area contributed by atoms with Crippen molar-refractivity contribution in [3.63, 3.8) is 0 Å². The quantitative estimate of drug-likeness (QED) is 0.590. The van der Waals surface area contributed by atoms with Crippen LogP contribution in [0.2, 0.25) is 0 Å². The summed E-state index contributed by atoms with van der Waals surface area (Å²) in [7, 11) is 1.58. The lowest BCUT2D eigenvalue weighted by atomic mass is 10.1. The first-order valence-electron chi connectivity index (χ1n) is 12.4. The van der Waals surface area contributed by atoms with Gasteiger partial charge in [0.2, 0.25) is 0 Å². The van der Waals surface area contributed by atoms with Crippen molar-refractivity contribution in [2.45, 2.75) is 84.1 Å². The molecule has 1 unspecified atom stereocenters. The molecule has 37 heavy (non-hydrogen) atoms. The van der Waals surface area contributed by atoms with Crippen LogP contribution in [0.4, 0.5) is 18.4 Å². The molecule has 11 heteroatoms. The minimum absolute atomic E-state index is 0.106. The summed E-state index contributed by atoms with van der Waals surface area (Å²) in [5.41, 5.74) is -1.42.